The number of nitro groups is 1. The van der Waals surface area contributed by atoms with Gasteiger partial charge in [-0.2, -0.15) is 0 Å². The van der Waals surface area contributed by atoms with E-state index < -0.39 is 28.7 Å². The monoisotopic (exact) mass is 267 g/mol. The van der Waals surface area contributed by atoms with Crippen LogP contribution in [0.4, 0.5) is 5.69 Å². The first kappa shape index (κ1) is 14.8. The van der Waals surface area contributed by atoms with Crippen molar-refractivity contribution in [2.24, 2.45) is 0 Å². The highest BCUT2D eigenvalue weighted by atomic mass is 16.6. The Kier molecular flexibility index (Phi) is 4.34. The van der Waals surface area contributed by atoms with Crippen LogP contribution in [-0.4, -0.2) is 34.5 Å². The topological polar surface area (TPSA) is 107 Å². The molecule has 0 aliphatic heterocycles. The van der Waals surface area contributed by atoms with Crippen LogP contribution in [0.15, 0.2) is 24.3 Å². The van der Waals surface area contributed by atoms with E-state index in [1.54, 1.807) is 0 Å². The molecule has 0 aliphatic rings. The fourth-order valence-corrected chi connectivity index (χ4v) is 1.50. The molecule has 0 spiro atoms. The Morgan fingerprint density at radius 2 is 2.11 bits per heavy atom. The zero-order chi connectivity index (χ0) is 14.6. The zero-order valence-electron chi connectivity index (χ0n) is 10.5. The van der Waals surface area contributed by atoms with Crippen molar-refractivity contribution < 1.29 is 24.4 Å². The van der Waals surface area contributed by atoms with E-state index in [1.807, 2.05) is 0 Å². The fraction of sp³-hybridized carbons (Fsp3) is 0.333. The van der Waals surface area contributed by atoms with Gasteiger partial charge in [-0.25, -0.2) is 4.79 Å². The maximum atomic E-state index is 11.9. The molecule has 1 rings (SSSR count). The summed E-state index contributed by atoms with van der Waals surface area (Å²) in [6.07, 6.45) is -0.513. The van der Waals surface area contributed by atoms with Gasteiger partial charge in [-0.1, -0.05) is 12.1 Å². The van der Waals surface area contributed by atoms with E-state index in [4.69, 9.17) is 0 Å². The van der Waals surface area contributed by atoms with Gasteiger partial charge in [-0.05, 0) is 6.92 Å². The Hall–Kier alpha value is -2.28. The summed E-state index contributed by atoms with van der Waals surface area (Å²) in [6, 6.07) is 5.08. The molecule has 1 aromatic rings. The molecule has 1 atom stereocenters. The number of methoxy groups -OCH3 is 1. The summed E-state index contributed by atoms with van der Waals surface area (Å²) in [7, 11) is 1.09. The van der Waals surface area contributed by atoms with Gasteiger partial charge in [0.1, 0.15) is 0 Å². The summed E-state index contributed by atoms with van der Waals surface area (Å²) in [5.74, 6) is -1.52. The highest BCUT2D eigenvalue weighted by Gasteiger charge is 2.34. The van der Waals surface area contributed by atoms with Gasteiger partial charge in [-0.15, -0.1) is 0 Å². The molecule has 0 heterocycles. The molecule has 0 fully saturated rings. The summed E-state index contributed by atoms with van der Waals surface area (Å²) in [5, 5.41) is 20.4. The van der Waals surface area contributed by atoms with Crippen LogP contribution in [-0.2, 0) is 9.53 Å². The van der Waals surface area contributed by atoms with E-state index in [-0.39, 0.29) is 11.3 Å². The number of benzene rings is 1. The van der Waals surface area contributed by atoms with Crippen LogP contribution in [0.5, 0.6) is 0 Å². The minimum Gasteiger partial charge on any atom is -0.467 e. The summed E-state index contributed by atoms with van der Waals surface area (Å²) in [4.78, 5) is 33.1. The average molecular weight is 267 g/mol. The Morgan fingerprint density at radius 3 is 2.63 bits per heavy atom. The second-order valence-corrected chi connectivity index (χ2v) is 4.17. The second-order valence-electron chi connectivity index (χ2n) is 4.17. The lowest BCUT2D eigenvalue weighted by Gasteiger charge is -2.18. The fourth-order valence-electron chi connectivity index (χ4n) is 1.50. The first-order valence-electron chi connectivity index (χ1n) is 5.36. The van der Waals surface area contributed by atoms with E-state index in [0.717, 1.165) is 20.1 Å². The van der Waals surface area contributed by atoms with E-state index in [1.165, 1.54) is 18.2 Å². The van der Waals surface area contributed by atoms with Crippen molar-refractivity contribution in [1.82, 2.24) is 0 Å². The molecule has 0 aliphatic carbocycles. The molecule has 7 nitrogen and oxygen atoms in total. The lowest BCUT2D eigenvalue weighted by atomic mass is 9.95. The van der Waals surface area contributed by atoms with Gasteiger partial charge < -0.3 is 9.84 Å². The molecule has 0 saturated heterocycles. The van der Waals surface area contributed by atoms with Crippen LogP contribution < -0.4 is 0 Å². The molecule has 0 saturated carbocycles. The number of ether oxygens (including phenoxy) is 1. The molecule has 0 radical (unpaired) electrons. The number of nitrogens with zero attached hydrogens (tertiary/aromatic N) is 1. The first-order valence-corrected chi connectivity index (χ1v) is 5.36. The number of esters is 1. The number of nitro benzene ring substituents is 1. The number of non-ortho nitro benzene ring substituents is 1. The normalized spacial score (nSPS) is 13.4. The summed E-state index contributed by atoms with van der Waals surface area (Å²) >= 11 is 0. The summed E-state index contributed by atoms with van der Waals surface area (Å²) < 4.78 is 4.36. The molecule has 1 unspecified atom stereocenters. The molecule has 0 aromatic heterocycles. The number of Topliss-reactive ketones (excluding diaryl/α,β-unsaturated/α-hetero) is 1. The minimum atomic E-state index is -1.96. The number of carbonyl (C=O) groups is 2. The SMILES string of the molecule is COC(=O)C(C)(O)CC(=O)c1cccc([N+](=O)[O-])c1. The maximum Gasteiger partial charge on any atom is 0.338 e. The highest BCUT2D eigenvalue weighted by Crippen LogP contribution is 2.19. The van der Waals surface area contributed by atoms with Crippen LogP contribution in [0.1, 0.15) is 23.7 Å². The lowest BCUT2D eigenvalue weighted by Crippen LogP contribution is -2.38. The first-order chi connectivity index (χ1) is 8.77. The molecule has 0 amide bonds. The average Bonchev–Trinajstić information content (AvgIpc) is 2.37. The number of ketones is 1. The van der Waals surface area contributed by atoms with E-state index in [0.29, 0.717) is 0 Å². The smallest absolute Gasteiger partial charge is 0.338 e. The van der Waals surface area contributed by atoms with Crippen LogP contribution in [0.25, 0.3) is 0 Å². The van der Waals surface area contributed by atoms with Crippen molar-refractivity contribution in [3.8, 4) is 0 Å². The zero-order valence-corrected chi connectivity index (χ0v) is 10.5. The number of carbonyl (C=O) groups excluding carboxylic acids is 2. The van der Waals surface area contributed by atoms with Gasteiger partial charge in [0, 0.05) is 17.7 Å². The standard InChI is InChI=1S/C12H13NO6/c1-12(16,11(15)19-2)7-10(14)8-4-3-5-9(6-8)13(17)18/h3-6,16H,7H2,1-2H3. The van der Waals surface area contributed by atoms with Gasteiger partial charge in [0.25, 0.3) is 5.69 Å². The quantitative estimate of drug-likeness (QED) is 0.370. The van der Waals surface area contributed by atoms with Crippen molar-refractivity contribution in [2.45, 2.75) is 18.9 Å². The van der Waals surface area contributed by atoms with E-state index >= 15 is 0 Å². The van der Waals surface area contributed by atoms with Crippen LogP contribution in [0, 0.1) is 10.1 Å². The number of rotatable bonds is 5. The Bertz CT molecular complexity index is 523. The Labute approximate surface area is 109 Å². The number of hydrogen-bond donors (Lipinski definition) is 1. The predicted octanol–water partition coefficient (Wildman–Crippen LogP) is 1.09. The molecule has 102 valence electrons. The van der Waals surface area contributed by atoms with Crippen LogP contribution >= 0.6 is 0 Å². The van der Waals surface area contributed by atoms with Gasteiger partial charge in [-0.3, -0.25) is 14.9 Å². The summed E-state index contributed by atoms with van der Waals surface area (Å²) in [6.45, 7) is 1.15. The van der Waals surface area contributed by atoms with Gasteiger partial charge >= 0.3 is 5.97 Å². The number of hydrogen-bond acceptors (Lipinski definition) is 6. The maximum absolute atomic E-state index is 11.9. The van der Waals surface area contributed by atoms with Crippen LogP contribution in [0.3, 0.4) is 0 Å². The van der Waals surface area contributed by atoms with Crippen LogP contribution in [0.2, 0.25) is 0 Å². The molecule has 1 N–H and O–H groups in total. The van der Waals surface area contributed by atoms with Gasteiger partial charge in [0.2, 0.25) is 0 Å². The van der Waals surface area contributed by atoms with Crippen molar-refractivity contribution in [2.75, 3.05) is 7.11 Å². The lowest BCUT2D eigenvalue weighted by molar-refractivity contribution is -0.384. The van der Waals surface area contributed by atoms with E-state index in [9.17, 15) is 24.8 Å². The van der Waals surface area contributed by atoms with Crippen molar-refractivity contribution in [3.63, 3.8) is 0 Å². The largest absolute Gasteiger partial charge is 0.467 e. The Balaban J connectivity index is 2.93. The second kappa shape index (κ2) is 5.57. The predicted molar refractivity (Wildman–Crippen MR) is 64.7 cm³/mol. The van der Waals surface area contributed by atoms with Crippen molar-refractivity contribution >= 4 is 17.4 Å². The third kappa shape index (κ3) is 3.59. The van der Waals surface area contributed by atoms with Gasteiger partial charge in [0.05, 0.1) is 18.5 Å². The minimum absolute atomic E-state index is 0.0541. The highest BCUT2D eigenvalue weighted by molar-refractivity contribution is 6.00. The third-order valence-electron chi connectivity index (χ3n) is 2.51. The molecule has 0 bridgehead atoms. The van der Waals surface area contributed by atoms with Crippen molar-refractivity contribution in [3.05, 3.63) is 39.9 Å². The molecular weight excluding hydrogens is 254 g/mol. The number of aliphatic hydroxyl groups is 1. The summed E-state index contributed by atoms with van der Waals surface area (Å²) in [5.41, 5.74) is -2.14. The van der Waals surface area contributed by atoms with Crippen molar-refractivity contribution in [1.29, 1.82) is 0 Å². The Morgan fingerprint density at radius 1 is 1.47 bits per heavy atom. The molecule has 7 heteroatoms. The molecule has 19 heavy (non-hydrogen) atoms. The third-order valence-corrected chi connectivity index (χ3v) is 2.51. The van der Waals surface area contributed by atoms with Gasteiger partial charge in [0.15, 0.2) is 11.4 Å². The van der Waals surface area contributed by atoms with E-state index in [2.05, 4.69) is 4.74 Å². The molecular formula is C12H13NO6. The molecule has 1 aromatic carbocycles.